The summed E-state index contributed by atoms with van der Waals surface area (Å²) in [5.41, 5.74) is 1.83. The van der Waals surface area contributed by atoms with Gasteiger partial charge < -0.3 is 15.1 Å². The largest absolute Gasteiger partial charge is 0.368 e. The molecular weight excluding hydrogens is 404 g/mol. The minimum Gasteiger partial charge on any atom is -0.368 e. The Labute approximate surface area is 176 Å². The number of hydrogen-bond donors (Lipinski definition) is 2. The number of para-hydroxylation sites is 1. The first kappa shape index (κ1) is 21.8. The van der Waals surface area contributed by atoms with E-state index in [1.165, 1.54) is 12.1 Å². The third-order valence-electron chi connectivity index (χ3n) is 5.03. The van der Waals surface area contributed by atoms with Crippen molar-refractivity contribution in [3.63, 3.8) is 0 Å². The van der Waals surface area contributed by atoms with Gasteiger partial charge in [-0.2, -0.15) is 0 Å². The van der Waals surface area contributed by atoms with Crippen molar-refractivity contribution < 1.29 is 18.0 Å². The van der Waals surface area contributed by atoms with Crippen LogP contribution in [0.15, 0.2) is 59.5 Å². The first-order valence-corrected chi connectivity index (χ1v) is 11.3. The second kappa shape index (κ2) is 9.73. The van der Waals surface area contributed by atoms with Crippen molar-refractivity contribution >= 4 is 27.5 Å². The Morgan fingerprint density at radius 2 is 1.57 bits per heavy atom. The van der Waals surface area contributed by atoms with Crippen molar-refractivity contribution in [3.05, 3.63) is 60.2 Å². The van der Waals surface area contributed by atoms with E-state index in [0.29, 0.717) is 18.7 Å². The molecule has 1 heterocycles. The van der Waals surface area contributed by atoms with Crippen molar-refractivity contribution in [2.45, 2.75) is 17.7 Å². The van der Waals surface area contributed by atoms with E-state index in [1.807, 2.05) is 23.1 Å². The highest BCUT2D eigenvalue weighted by atomic mass is 32.2. The van der Waals surface area contributed by atoms with Crippen LogP contribution in [0.2, 0.25) is 0 Å². The molecule has 1 saturated heterocycles. The van der Waals surface area contributed by atoms with Crippen LogP contribution in [0.3, 0.4) is 0 Å². The number of carbonyl (C=O) groups is 2. The first-order chi connectivity index (χ1) is 14.3. The maximum Gasteiger partial charge on any atom is 0.238 e. The molecule has 0 aromatic heterocycles. The van der Waals surface area contributed by atoms with Crippen LogP contribution in [0.25, 0.3) is 0 Å². The molecule has 2 aromatic carbocycles. The third kappa shape index (κ3) is 6.04. The van der Waals surface area contributed by atoms with Crippen LogP contribution in [-0.4, -0.2) is 57.9 Å². The molecule has 30 heavy (non-hydrogen) atoms. The lowest BCUT2D eigenvalue weighted by Gasteiger charge is -2.36. The Kier molecular flexibility index (Phi) is 7.07. The van der Waals surface area contributed by atoms with Crippen LogP contribution in [-0.2, 0) is 26.0 Å². The average molecular weight is 431 g/mol. The number of benzene rings is 2. The maximum absolute atomic E-state index is 12.4. The number of anilines is 1. The zero-order valence-electron chi connectivity index (χ0n) is 16.7. The van der Waals surface area contributed by atoms with Crippen LogP contribution in [0.4, 0.5) is 5.69 Å². The van der Waals surface area contributed by atoms with Gasteiger partial charge in [0.1, 0.15) is 0 Å². The van der Waals surface area contributed by atoms with Gasteiger partial charge in [0, 0.05) is 44.8 Å². The summed E-state index contributed by atoms with van der Waals surface area (Å²) in [5.74, 6) is -0.194. The van der Waals surface area contributed by atoms with E-state index in [1.54, 1.807) is 12.1 Å². The third-order valence-corrected chi connectivity index (χ3v) is 5.96. The van der Waals surface area contributed by atoms with E-state index in [-0.39, 0.29) is 36.1 Å². The molecule has 0 bridgehead atoms. The molecule has 0 radical (unpaired) electrons. The minimum absolute atomic E-state index is 0.00427. The summed E-state index contributed by atoms with van der Waals surface area (Å²) in [6, 6.07) is 16.0. The van der Waals surface area contributed by atoms with Gasteiger partial charge in [-0.25, -0.2) is 13.6 Å². The fourth-order valence-corrected chi connectivity index (χ4v) is 3.88. The molecule has 0 spiro atoms. The van der Waals surface area contributed by atoms with Crippen LogP contribution in [0.1, 0.15) is 12.0 Å². The molecule has 8 nitrogen and oxygen atoms in total. The van der Waals surface area contributed by atoms with E-state index >= 15 is 0 Å². The fraction of sp³-hybridized carbons (Fsp3) is 0.333. The summed E-state index contributed by atoms with van der Waals surface area (Å²) in [5, 5.41) is 7.80. The van der Waals surface area contributed by atoms with Crippen LogP contribution in [0.5, 0.6) is 0 Å². The van der Waals surface area contributed by atoms with Crippen LogP contribution in [0, 0.1) is 0 Å². The molecule has 3 N–H and O–H groups in total. The predicted molar refractivity (Wildman–Crippen MR) is 114 cm³/mol. The summed E-state index contributed by atoms with van der Waals surface area (Å²) < 4.78 is 22.5. The highest BCUT2D eigenvalue weighted by molar-refractivity contribution is 7.89. The first-order valence-electron chi connectivity index (χ1n) is 9.79. The summed E-state index contributed by atoms with van der Waals surface area (Å²) >= 11 is 0. The van der Waals surface area contributed by atoms with E-state index in [2.05, 4.69) is 22.3 Å². The van der Waals surface area contributed by atoms with Gasteiger partial charge in [-0.3, -0.25) is 9.59 Å². The number of nitrogens with zero attached hydrogens (tertiary/aromatic N) is 2. The predicted octanol–water partition coefficient (Wildman–Crippen LogP) is 0.732. The van der Waals surface area contributed by atoms with Crippen LogP contribution >= 0.6 is 0 Å². The number of piperazine rings is 1. The smallest absolute Gasteiger partial charge is 0.238 e. The summed E-state index contributed by atoms with van der Waals surface area (Å²) in [4.78, 5) is 28.6. The van der Waals surface area contributed by atoms with Crippen molar-refractivity contribution in [2.24, 2.45) is 5.14 Å². The Bertz CT molecular complexity index is 970. The normalized spacial score (nSPS) is 14.4. The molecule has 3 rings (SSSR count). The number of hydrogen-bond acceptors (Lipinski definition) is 5. The molecule has 0 unspecified atom stereocenters. The van der Waals surface area contributed by atoms with Gasteiger partial charge in [-0.1, -0.05) is 30.3 Å². The van der Waals surface area contributed by atoms with Gasteiger partial charge in [0.05, 0.1) is 11.3 Å². The minimum atomic E-state index is -3.75. The monoisotopic (exact) mass is 430 g/mol. The number of sulfonamides is 1. The highest BCUT2D eigenvalue weighted by Crippen LogP contribution is 2.15. The van der Waals surface area contributed by atoms with Crippen molar-refractivity contribution in [3.8, 4) is 0 Å². The lowest BCUT2D eigenvalue weighted by Crippen LogP contribution is -2.49. The molecule has 2 aromatic rings. The molecule has 0 atom stereocenters. The standard InChI is InChI=1S/C21H26N4O4S/c22-30(28,29)19-8-6-17(7-9-19)16-20(26)23-11-10-21(27)25-14-12-24(13-15-25)18-4-2-1-3-5-18/h1-9H,10-16H2,(H,23,26)(H2,22,28,29). The lowest BCUT2D eigenvalue weighted by molar-refractivity contribution is -0.131. The van der Waals surface area contributed by atoms with Gasteiger partial charge >= 0.3 is 0 Å². The van der Waals surface area contributed by atoms with Crippen molar-refractivity contribution in [1.82, 2.24) is 10.2 Å². The van der Waals surface area contributed by atoms with E-state index in [4.69, 9.17) is 5.14 Å². The summed E-state index contributed by atoms with van der Waals surface area (Å²) in [6.45, 7) is 3.18. The zero-order chi connectivity index (χ0) is 21.6. The Balaban J connectivity index is 1.38. The van der Waals surface area contributed by atoms with Crippen molar-refractivity contribution in [2.75, 3.05) is 37.6 Å². The van der Waals surface area contributed by atoms with Gasteiger partial charge in [0.2, 0.25) is 21.8 Å². The zero-order valence-corrected chi connectivity index (χ0v) is 17.5. The molecule has 1 fully saturated rings. The molecule has 160 valence electrons. The Morgan fingerprint density at radius 3 is 2.17 bits per heavy atom. The van der Waals surface area contributed by atoms with E-state index in [0.717, 1.165) is 18.8 Å². The average Bonchev–Trinajstić information content (AvgIpc) is 2.74. The SMILES string of the molecule is NS(=O)(=O)c1ccc(CC(=O)NCCC(=O)N2CCN(c3ccccc3)CC2)cc1. The number of amides is 2. The molecule has 0 saturated carbocycles. The van der Waals surface area contributed by atoms with E-state index in [9.17, 15) is 18.0 Å². The lowest BCUT2D eigenvalue weighted by atomic mass is 10.1. The molecule has 0 aliphatic carbocycles. The number of rotatable bonds is 7. The quantitative estimate of drug-likeness (QED) is 0.673. The topological polar surface area (TPSA) is 113 Å². The fourth-order valence-electron chi connectivity index (χ4n) is 3.36. The second-order valence-corrected chi connectivity index (χ2v) is 8.73. The summed E-state index contributed by atoms with van der Waals surface area (Å²) in [7, 11) is -3.75. The summed E-state index contributed by atoms with van der Waals surface area (Å²) in [6.07, 6.45) is 0.357. The van der Waals surface area contributed by atoms with Gasteiger partial charge in [-0.05, 0) is 29.8 Å². The van der Waals surface area contributed by atoms with E-state index < -0.39 is 10.0 Å². The second-order valence-electron chi connectivity index (χ2n) is 7.17. The Hall–Kier alpha value is -2.91. The van der Waals surface area contributed by atoms with Crippen LogP contribution < -0.4 is 15.4 Å². The number of primary sulfonamides is 1. The number of nitrogens with two attached hydrogens (primary N) is 1. The molecule has 1 aliphatic rings. The molecule has 1 aliphatic heterocycles. The number of nitrogens with one attached hydrogen (secondary N) is 1. The molecule has 2 amide bonds. The Morgan fingerprint density at radius 1 is 0.933 bits per heavy atom. The molecular formula is C21H26N4O4S. The highest BCUT2D eigenvalue weighted by Gasteiger charge is 2.21. The van der Waals surface area contributed by atoms with Gasteiger partial charge in [-0.15, -0.1) is 0 Å². The maximum atomic E-state index is 12.4. The molecule has 9 heteroatoms. The van der Waals surface area contributed by atoms with Gasteiger partial charge in [0.25, 0.3) is 0 Å². The van der Waals surface area contributed by atoms with Crippen molar-refractivity contribution in [1.29, 1.82) is 0 Å². The van der Waals surface area contributed by atoms with Gasteiger partial charge in [0.15, 0.2) is 0 Å². The number of carbonyl (C=O) groups excluding carboxylic acids is 2.